The second kappa shape index (κ2) is 19.6. The highest BCUT2D eigenvalue weighted by Crippen LogP contribution is 2.20. The normalized spacial score (nSPS) is 11.9. The van der Waals surface area contributed by atoms with Gasteiger partial charge in [0.05, 0.1) is 0 Å². The van der Waals surface area contributed by atoms with E-state index >= 15 is 0 Å². The molecule has 0 aliphatic heterocycles. The van der Waals surface area contributed by atoms with E-state index in [0.29, 0.717) is 30.5 Å². The van der Waals surface area contributed by atoms with Crippen LogP contribution in [0.5, 0.6) is 0 Å². The average Bonchev–Trinajstić information content (AvgIpc) is 3.00. The zero-order valence-electron chi connectivity index (χ0n) is 24.3. The molecule has 0 unspecified atom stereocenters. The van der Waals surface area contributed by atoms with Crippen molar-refractivity contribution in [2.75, 3.05) is 18.8 Å². The largest absolute Gasteiger partial charge is 0.481 e. The number of rotatable bonds is 20. The number of benzene rings is 2. The van der Waals surface area contributed by atoms with Crippen molar-refractivity contribution < 1.29 is 53.2 Å². The van der Waals surface area contributed by atoms with Crippen LogP contribution in [-0.2, 0) is 19.1 Å². The van der Waals surface area contributed by atoms with Gasteiger partial charge in [-0.15, -0.1) is 11.8 Å². The number of alkyl carbamates (subject to hydrolysis) is 1. The molecule has 2 aromatic rings. The topological polar surface area (TPSA) is 208 Å². The van der Waals surface area contributed by atoms with Crippen LogP contribution in [-0.4, -0.2) is 82.1 Å². The van der Waals surface area contributed by atoms with Gasteiger partial charge in [0.25, 0.3) is 11.8 Å². The Morgan fingerprint density at radius 2 is 1.29 bits per heavy atom. The number of carbonyl (C=O) groups excluding carboxylic acids is 3. The van der Waals surface area contributed by atoms with E-state index in [-0.39, 0.29) is 24.8 Å². The van der Waals surface area contributed by atoms with E-state index < -0.39 is 54.8 Å². The number of nitrogens with one attached hydrogen (secondary N) is 3. The van der Waals surface area contributed by atoms with Gasteiger partial charge in [0.2, 0.25) is 6.10 Å². The van der Waals surface area contributed by atoms with Gasteiger partial charge in [0, 0.05) is 42.0 Å². The lowest BCUT2D eigenvalue weighted by Gasteiger charge is -2.17. The van der Waals surface area contributed by atoms with Crippen LogP contribution in [0, 0.1) is 5.82 Å². The third-order valence-electron chi connectivity index (χ3n) is 6.29. The second-order valence-electron chi connectivity index (χ2n) is 9.79. The molecule has 0 aromatic heterocycles. The molecule has 2 rings (SSSR count). The second-order valence-corrected chi connectivity index (χ2v) is 11.0. The number of amides is 3. The number of halogens is 1. The van der Waals surface area contributed by atoms with Gasteiger partial charge in [-0.05, 0) is 86.4 Å². The minimum Gasteiger partial charge on any atom is -0.481 e. The van der Waals surface area contributed by atoms with Crippen LogP contribution in [0.4, 0.5) is 9.18 Å². The highest BCUT2D eigenvalue weighted by molar-refractivity contribution is 7.99. The Balaban J connectivity index is 1.62. The van der Waals surface area contributed by atoms with Crippen molar-refractivity contribution in [3.05, 3.63) is 65.5 Å². The van der Waals surface area contributed by atoms with E-state index in [2.05, 4.69) is 20.7 Å². The maximum atomic E-state index is 13.0. The van der Waals surface area contributed by atoms with Gasteiger partial charge in [-0.1, -0.05) is 0 Å². The first-order valence-electron chi connectivity index (χ1n) is 14.2. The summed E-state index contributed by atoms with van der Waals surface area (Å²) >= 11 is 1.61. The summed E-state index contributed by atoms with van der Waals surface area (Å²) in [5.41, 5.74) is 0.854. The fraction of sp³-hybridized carbons (Fsp3) is 0.400. The number of thioether (sulfide) groups is 1. The Hall–Kier alpha value is -4.66. The van der Waals surface area contributed by atoms with Crippen LogP contribution in [0.1, 0.15) is 65.7 Å². The smallest absolute Gasteiger partial charge is 0.408 e. The van der Waals surface area contributed by atoms with Gasteiger partial charge >= 0.3 is 24.0 Å². The summed E-state index contributed by atoms with van der Waals surface area (Å²) in [7, 11) is 0. The van der Waals surface area contributed by atoms with Crippen molar-refractivity contribution in [1.82, 2.24) is 16.0 Å². The van der Waals surface area contributed by atoms with Crippen molar-refractivity contribution in [2.24, 2.45) is 0 Å². The Morgan fingerprint density at radius 3 is 1.82 bits per heavy atom. The summed E-state index contributed by atoms with van der Waals surface area (Å²) in [5, 5.41) is 34.7. The van der Waals surface area contributed by atoms with Crippen molar-refractivity contribution >= 4 is 47.6 Å². The van der Waals surface area contributed by atoms with Gasteiger partial charge in [0.1, 0.15) is 11.9 Å². The maximum absolute atomic E-state index is 13.0. The van der Waals surface area contributed by atoms with Gasteiger partial charge in [0.15, 0.2) is 0 Å². The Kier molecular flexibility index (Phi) is 15.9. The van der Waals surface area contributed by atoms with E-state index in [1.54, 1.807) is 23.9 Å². The molecule has 0 aliphatic rings. The molecule has 6 N–H and O–H groups in total. The number of hydrogen-bond acceptors (Lipinski definition) is 8. The molecule has 0 saturated heterocycles. The molecule has 3 amide bonds. The lowest BCUT2D eigenvalue weighted by atomic mass is 10.1. The molecule has 244 valence electrons. The summed E-state index contributed by atoms with van der Waals surface area (Å²) in [6.45, 7) is 0.749. The zero-order chi connectivity index (χ0) is 33.2. The number of carboxylic acids is 3. The number of carbonyl (C=O) groups is 6. The van der Waals surface area contributed by atoms with Crippen LogP contribution >= 0.6 is 11.8 Å². The third kappa shape index (κ3) is 14.6. The molecule has 15 heteroatoms. The Morgan fingerprint density at radius 1 is 0.733 bits per heavy atom. The van der Waals surface area contributed by atoms with Gasteiger partial charge in [-0.2, -0.15) is 0 Å². The molecule has 0 heterocycles. The fourth-order valence-corrected chi connectivity index (χ4v) is 4.77. The van der Waals surface area contributed by atoms with Crippen molar-refractivity contribution in [3.8, 4) is 0 Å². The summed E-state index contributed by atoms with van der Waals surface area (Å²) in [6.07, 6.45) is -1.72. The highest BCUT2D eigenvalue weighted by atomic mass is 32.2. The zero-order valence-corrected chi connectivity index (χ0v) is 25.1. The third-order valence-corrected chi connectivity index (χ3v) is 7.39. The van der Waals surface area contributed by atoms with E-state index in [4.69, 9.17) is 10.2 Å². The molecule has 2 aromatic carbocycles. The SMILES string of the molecule is O=C(O)CC[C@H](OC(=O)N[C@@H](CCCCNC(=O)c1ccc(SCCCCNC(=O)c2ccc(F)cc2)cc1)C(=O)O)C(=O)O. The number of ether oxygens (including phenoxy) is 1. The molecule has 45 heavy (non-hydrogen) atoms. The minimum atomic E-state index is -1.74. The van der Waals surface area contributed by atoms with Crippen LogP contribution < -0.4 is 16.0 Å². The van der Waals surface area contributed by atoms with Crippen LogP contribution in [0.2, 0.25) is 0 Å². The molecule has 0 fully saturated rings. The number of unbranched alkanes of at least 4 members (excludes halogenated alkanes) is 2. The molecule has 0 radical (unpaired) electrons. The van der Waals surface area contributed by atoms with E-state index in [9.17, 15) is 38.3 Å². The van der Waals surface area contributed by atoms with Gasteiger partial charge in [-0.3, -0.25) is 14.4 Å². The standard InChI is InChI=1S/C30H36FN3O10S/c31-21-10-6-19(7-11-21)26(37)33-17-3-4-18-45-22-12-8-20(9-13-22)27(38)32-16-2-1-5-23(28(39)40)34-30(43)44-24(29(41)42)14-15-25(35)36/h6-13,23-24H,1-5,14-18H2,(H,32,38)(H,33,37)(H,34,43)(H,35,36)(H,39,40)(H,41,42)/t23-,24-/m0/s1. The number of hydrogen-bond donors (Lipinski definition) is 6. The molecule has 0 aliphatic carbocycles. The molecule has 2 atom stereocenters. The molecular weight excluding hydrogens is 613 g/mol. The van der Waals surface area contributed by atoms with Crippen molar-refractivity contribution in [3.63, 3.8) is 0 Å². The van der Waals surface area contributed by atoms with Crippen molar-refractivity contribution in [1.29, 1.82) is 0 Å². The van der Waals surface area contributed by atoms with Crippen LogP contribution in [0.3, 0.4) is 0 Å². The lowest BCUT2D eigenvalue weighted by Crippen LogP contribution is -2.43. The van der Waals surface area contributed by atoms with Crippen LogP contribution in [0.25, 0.3) is 0 Å². The van der Waals surface area contributed by atoms with Gasteiger partial charge < -0.3 is 36.0 Å². The number of carboxylic acid groups (broad SMARTS) is 3. The molecule has 0 spiro atoms. The van der Waals surface area contributed by atoms with E-state index in [1.165, 1.54) is 24.3 Å². The first kappa shape index (κ1) is 36.5. The number of aliphatic carboxylic acids is 3. The lowest BCUT2D eigenvalue weighted by molar-refractivity contribution is -0.148. The first-order valence-corrected chi connectivity index (χ1v) is 15.1. The van der Waals surface area contributed by atoms with Crippen LogP contribution in [0.15, 0.2) is 53.4 Å². The Labute approximate surface area is 262 Å². The first-order chi connectivity index (χ1) is 21.5. The molecule has 0 bridgehead atoms. The Bertz CT molecular complexity index is 1310. The minimum absolute atomic E-state index is 0.0142. The summed E-state index contributed by atoms with van der Waals surface area (Å²) < 4.78 is 17.6. The van der Waals surface area contributed by atoms with Crippen molar-refractivity contribution in [2.45, 2.75) is 62.0 Å². The fourth-order valence-electron chi connectivity index (χ4n) is 3.85. The highest BCUT2D eigenvalue weighted by Gasteiger charge is 2.26. The maximum Gasteiger partial charge on any atom is 0.408 e. The molecule has 13 nitrogen and oxygen atoms in total. The molecule has 0 saturated carbocycles. The quantitative estimate of drug-likeness (QED) is 0.0903. The summed E-state index contributed by atoms with van der Waals surface area (Å²) in [4.78, 5) is 70.7. The van der Waals surface area contributed by atoms with E-state index in [0.717, 1.165) is 23.5 Å². The van der Waals surface area contributed by atoms with E-state index in [1.807, 2.05) is 12.1 Å². The summed E-state index contributed by atoms with van der Waals surface area (Å²) in [6, 6.07) is 11.0. The summed E-state index contributed by atoms with van der Waals surface area (Å²) in [5.74, 6) is -4.33. The average molecular weight is 650 g/mol. The predicted molar refractivity (Wildman–Crippen MR) is 161 cm³/mol. The molecular formula is C30H36FN3O10S. The van der Waals surface area contributed by atoms with Gasteiger partial charge in [-0.25, -0.2) is 18.8 Å². The monoisotopic (exact) mass is 649 g/mol. The predicted octanol–water partition coefficient (Wildman–Crippen LogP) is 3.53.